The molecule has 6 atom stereocenters. The third-order valence-electron chi connectivity index (χ3n) is 13.5. The average molecular weight is 977 g/mol. The predicted octanol–water partition coefficient (Wildman–Crippen LogP) is 6.88. The fraction of sp³-hybridized carbons (Fsp3) is 0.667. The van der Waals surface area contributed by atoms with Gasteiger partial charge in [0, 0.05) is 59.9 Å². The molecule has 6 N–H and O–H groups in total. The van der Waals surface area contributed by atoms with Crippen LogP contribution in [-0.4, -0.2) is 146 Å². The Bertz CT molecular complexity index is 2010. The van der Waals surface area contributed by atoms with Crippen LogP contribution < -0.4 is 21.7 Å². The number of carboxylic acids is 1. The topological polar surface area (TPSA) is 191 Å². The number of nitrogens with one attached hydrogen (secondary N) is 3. The molecule has 0 aromatic heterocycles. The van der Waals surface area contributed by atoms with Gasteiger partial charge in [0.15, 0.2) is 0 Å². The predicted molar refractivity (Wildman–Crippen MR) is 240 cm³/mol. The minimum Gasteiger partial charge on any atom is -1.00 e. The summed E-state index contributed by atoms with van der Waals surface area (Å²) in [6, 6.07) is 9.26. The number of rotatable bonds is 9. The Balaban J connectivity index is 0. The third-order valence-corrected chi connectivity index (χ3v) is 17.2. The molecule has 328 valence electrons. The molecule has 0 saturated heterocycles. The first-order valence-electron chi connectivity index (χ1n) is 19.0. The molecule has 4 saturated carbocycles. The maximum absolute atomic E-state index is 13.0. The maximum Gasteiger partial charge on any atom is 2.00 e. The van der Waals surface area contributed by atoms with Crippen LogP contribution in [0.15, 0.2) is 46.2 Å². The number of carboxylic acid groups (broad SMARTS) is 1. The van der Waals surface area contributed by atoms with Crippen LogP contribution in [0, 0.1) is 33.5 Å². The van der Waals surface area contributed by atoms with Crippen molar-refractivity contribution in [3.8, 4) is 0 Å². The molecule has 0 radical (unpaired) electrons. The summed E-state index contributed by atoms with van der Waals surface area (Å²) in [6.45, 7) is 13.8. The normalized spacial score (nSPS) is 27.1. The van der Waals surface area contributed by atoms with E-state index in [-0.39, 0.29) is 105 Å². The zero-order chi connectivity index (χ0) is 41.7. The minimum atomic E-state index is -3.67. The van der Waals surface area contributed by atoms with Crippen LogP contribution in [0.25, 0.3) is 0 Å². The Morgan fingerprint density at radius 3 is 1.45 bits per heavy atom. The molecule has 4 aliphatic carbocycles. The summed E-state index contributed by atoms with van der Waals surface area (Å²) in [4.78, 5) is 23.9. The third kappa shape index (κ3) is 10.3. The van der Waals surface area contributed by atoms with Crippen LogP contribution in [0.5, 0.6) is 0 Å². The van der Waals surface area contributed by atoms with Crippen molar-refractivity contribution >= 4 is 92.2 Å². The van der Waals surface area contributed by atoms with Gasteiger partial charge in [-0.2, -0.15) is 0 Å². The van der Waals surface area contributed by atoms with Crippen LogP contribution >= 0.6 is 0 Å². The SMILES string of the molecule is C.C.CC1(C)C(N)[C@@]2(C)CC[C@@H]1C2.CNc1ccc(C(=O)NC2C(C)(C)[C@@H]3CC[C@@]2(C)C3)cc1S(=O)(=O)N(C)C.CNc1ccc(C(=O)O)cc1S(=O)(=O)N(C)C.[Ba+2].[H-].[H-]. The van der Waals surface area contributed by atoms with Gasteiger partial charge in [-0.05, 0) is 108 Å². The van der Waals surface area contributed by atoms with Gasteiger partial charge in [0.2, 0.25) is 20.0 Å². The molecule has 4 fully saturated rings. The molecule has 0 spiro atoms. The molecule has 0 aliphatic heterocycles. The maximum atomic E-state index is 13.0. The van der Waals surface area contributed by atoms with E-state index in [2.05, 4.69) is 57.5 Å². The van der Waals surface area contributed by atoms with E-state index >= 15 is 0 Å². The molecule has 58 heavy (non-hydrogen) atoms. The van der Waals surface area contributed by atoms with E-state index in [0.29, 0.717) is 39.7 Å². The fourth-order valence-electron chi connectivity index (χ4n) is 9.77. The van der Waals surface area contributed by atoms with E-state index in [1.54, 1.807) is 26.2 Å². The van der Waals surface area contributed by atoms with E-state index in [0.717, 1.165) is 33.4 Å². The van der Waals surface area contributed by atoms with Gasteiger partial charge < -0.3 is 29.6 Å². The minimum absolute atomic E-state index is 0. The summed E-state index contributed by atoms with van der Waals surface area (Å²) >= 11 is 0. The zero-order valence-electron chi connectivity index (χ0n) is 37.4. The van der Waals surface area contributed by atoms with Crippen molar-refractivity contribution < 1.29 is 34.4 Å². The number of nitrogens with two attached hydrogens (primary N) is 1. The van der Waals surface area contributed by atoms with Crippen LogP contribution in [0.4, 0.5) is 11.4 Å². The number of sulfonamides is 2. The van der Waals surface area contributed by atoms with Crippen LogP contribution in [0.2, 0.25) is 0 Å². The quantitative estimate of drug-likeness (QED) is 0.166. The van der Waals surface area contributed by atoms with Crippen LogP contribution in [0.1, 0.15) is 118 Å². The van der Waals surface area contributed by atoms with E-state index in [9.17, 15) is 26.4 Å². The smallest absolute Gasteiger partial charge is 1.00 e. The molecular weight excluding hydrogens is 902 g/mol. The first kappa shape index (κ1) is 54.3. The first-order chi connectivity index (χ1) is 25.2. The molecule has 4 bridgehead atoms. The number of hydrogen-bond acceptors (Lipinski definition) is 9. The van der Waals surface area contributed by atoms with Gasteiger partial charge in [0.1, 0.15) is 9.79 Å². The van der Waals surface area contributed by atoms with Gasteiger partial charge in [-0.25, -0.2) is 30.2 Å². The van der Waals surface area contributed by atoms with Gasteiger partial charge in [-0.15, -0.1) is 0 Å². The summed E-state index contributed by atoms with van der Waals surface area (Å²) in [6.07, 6.45) is 7.65. The van der Waals surface area contributed by atoms with Gasteiger partial charge in [0.25, 0.3) is 5.91 Å². The number of anilines is 2. The first-order valence-corrected chi connectivity index (χ1v) is 21.9. The van der Waals surface area contributed by atoms with Gasteiger partial charge in [-0.3, -0.25) is 4.79 Å². The van der Waals surface area contributed by atoms with Crippen molar-refractivity contribution in [1.82, 2.24) is 13.9 Å². The summed E-state index contributed by atoms with van der Waals surface area (Å²) < 4.78 is 51.4. The largest absolute Gasteiger partial charge is 2.00 e. The van der Waals surface area contributed by atoms with E-state index < -0.39 is 26.0 Å². The van der Waals surface area contributed by atoms with E-state index in [4.69, 9.17) is 10.8 Å². The van der Waals surface area contributed by atoms with Crippen molar-refractivity contribution in [2.45, 2.75) is 117 Å². The summed E-state index contributed by atoms with van der Waals surface area (Å²) in [7, 11) is 1.67. The number of nitrogens with zero attached hydrogens (tertiary/aromatic N) is 2. The Hall–Kier alpha value is -1.67. The number of benzene rings is 2. The number of hydrogen-bond donors (Lipinski definition) is 5. The van der Waals surface area contributed by atoms with Crippen molar-refractivity contribution in [1.29, 1.82) is 0 Å². The Morgan fingerprint density at radius 2 is 1.12 bits per heavy atom. The molecule has 2 unspecified atom stereocenters. The molecule has 1 amide bonds. The average Bonchev–Trinajstić information content (AvgIpc) is 3.82. The second-order valence-electron chi connectivity index (χ2n) is 18.0. The monoisotopic (exact) mass is 976 g/mol. The van der Waals surface area contributed by atoms with Gasteiger partial charge in [-0.1, -0.05) is 56.4 Å². The Labute approximate surface area is 393 Å². The van der Waals surface area contributed by atoms with Crippen molar-refractivity contribution in [3.05, 3.63) is 47.5 Å². The van der Waals surface area contributed by atoms with Gasteiger partial charge in [0.05, 0.1) is 16.9 Å². The molecule has 13 nitrogen and oxygen atoms in total. The Morgan fingerprint density at radius 1 is 0.724 bits per heavy atom. The summed E-state index contributed by atoms with van der Waals surface area (Å²) in [5, 5.41) is 17.7. The number of carbonyl (C=O) groups excluding carboxylic acids is 1. The number of aromatic carboxylic acids is 1. The molecular formula is C42H74BaN6O7S2. The second-order valence-corrected chi connectivity index (χ2v) is 22.3. The zero-order valence-corrected chi connectivity index (χ0v) is 41.5. The number of amides is 1. The Kier molecular flexibility index (Phi) is 18.3. The van der Waals surface area contributed by atoms with Crippen LogP contribution in [-0.2, 0) is 20.0 Å². The van der Waals surface area contributed by atoms with Gasteiger partial charge >= 0.3 is 54.9 Å². The standard InChI is InChI=1S/C20H31N3O3S.C10H14N2O4S.C10H19N.2CH4.Ba.2H/c1-19(2)14-9-10-20(3,12-14)18(19)22-17(24)13-7-8-15(21-4)16(11-13)27(25,26)23(5)6;1-11-8-5-4-7(10(13)14)6-9(8)17(15,16)12(2)3;1-9(2)7-4-5-10(3,6-7)8(9)11;;;;;/h7-8,11,14,18,21H,9-10,12H2,1-6H3,(H,22,24);4-6,11H,1-3H3,(H,13,14);7-8H,4-6,11H2,1-3H3;2*1H4;;;/q;;;;;+2;2*-1/t14-,18?,20+;;7-,8?,10+;;;;;/m1.1...../s1. The molecule has 4 aliphatic rings. The molecule has 0 heterocycles. The summed E-state index contributed by atoms with van der Waals surface area (Å²) in [5.74, 6) is 0.161. The van der Waals surface area contributed by atoms with Crippen molar-refractivity contribution in [3.63, 3.8) is 0 Å². The molecule has 2 aromatic carbocycles. The molecule has 16 heteroatoms. The van der Waals surface area contributed by atoms with E-state index in [1.165, 1.54) is 72.1 Å². The molecule has 6 rings (SSSR count). The molecule has 2 aromatic rings. The second kappa shape index (κ2) is 19.6. The van der Waals surface area contributed by atoms with Crippen molar-refractivity contribution in [2.75, 3.05) is 52.9 Å². The number of carbonyl (C=O) groups is 2. The van der Waals surface area contributed by atoms with Crippen LogP contribution in [0.3, 0.4) is 0 Å². The summed E-state index contributed by atoms with van der Waals surface area (Å²) in [5.41, 5.74) is 8.44. The van der Waals surface area contributed by atoms with Crippen molar-refractivity contribution in [2.24, 2.45) is 39.2 Å². The van der Waals surface area contributed by atoms with E-state index in [1.807, 2.05) is 0 Å². The fourth-order valence-corrected chi connectivity index (χ4v) is 12.0. The number of fused-ring (bicyclic) bond motifs is 4.